The molecule has 2 aliphatic heterocycles. The third-order valence-corrected chi connectivity index (χ3v) is 10.3. The molecule has 2 aromatic heterocycles. The summed E-state index contributed by atoms with van der Waals surface area (Å²) in [5, 5.41) is 36.5. The fourth-order valence-corrected chi connectivity index (χ4v) is 7.33. The van der Waals surface area contributed by atoms with E-state index in [1.165, 1.54) is 11.1 Å². The first kappa shape index (κ1) is 41.6. The molecule has 8 rings (SSSR count). The Kier molecular flexibility index (Phi) is 12.7. The van der Waals surface area contributed by atoms with Crippen molar-refractivity contribution in [2.24, 2.45) is 11.5 Å². The highest BCUT2D eigenvalue weighted by molar-refractivity contribution is 5.59. The molecule has 59 heavy (non-hydrogen) atoms. The number of ether oxygens (including phenoxy) is 2. The van der Waals surface area contributed by atoms with Gasteiger partial charge < -0.3 is 26.0 Å². The Labute approximate surface area is 346 Å². The van der Waals surface area contributed by atoms with Crippen LogP contribution in [0.25, 0.3) is 11.4 Å². The summed E-state index contributed by atoms with van der Waals surface area (Å²) in [7, 11) is 0. The highest BCUT2D eigenvalue weighted by Gasteiger charge is 2.37. The van der Waals surface area contributed by atoms with Gasteiger partial charge in [0.1, 0.15) is 23.3 Å². The maximum Gasteiger partial charge on any atom is 0.229 e. The summed E-state index contributed by atoms with van der Waals surface area (Å²) >= 11 is 0. The highest BCUT2D eigenvalue weighted by Crippen LogP contribution is 2.46. The molecule has 0 amide bonds. The molecule has 5 N–H and O–H groups in total. The summed E-state index contributed by atoms with van der Waals surface area (Å²) in [6.07, 6.45) is 0. The highest BCUT2D eigenvalue weighted by atomic mass is 16.5. The van der Waals surface area contributed by atoms with Crippen molar-refractivity contribution in [3.63, 3.8) is 0 Å². The van der Waals surface area contributed by atoms with Crippen LogP contribution in [0, 0.1) is 36.5 Å². The third kappa shape index (κ3) is 8.33. The van der Waals surface area contributed by atoms with Crippen LogP contribution < -0.4 is 20.9 Å². The minimum Gasteiger partial charge on any atom is -0.422 e. The van der Waals surface area contributed by atoms with E-state index in [1.807, 2.05) is 74.5 Å². The van der Waals surface area contributed by atoms with Crippen LogP contribution in [0.5, 0.6) is 11.8 Å². The van der Waals surface area contributed by atoms with Gasteiger partial charge in [-0.2, -0.15) is 20.7 Å². The molecule has 300 valence electrons. The molecule has 0 saturated carbocycles. The average Bonchev–Trinajstić information content (AvgIpc) is 3.75. The molecule has 0 saturated heterocycles. The van der Waals surface area contributed by atoms with Gasteiger partial charge in [-0.05, 0) is 79.1 Å². The van der Waals surface area contributed by atoms with Crippen LogP contribution in [-0.2, 0) is 0 Å². The Bertz CT molecular complexity index is 2370. The van der Waals surface area contributed by atoms with Crippen molar-refractivity contribution in [2.45, 2.75) is 72.1 Å². The lowest BCUT2D eigenvalue weighted by atomic mass is 9.83. The van der Waals surface area contributed by atoms with E-state index in [9.17, 15) is 10.5 Å². The van der Waals surface area contributed by atoms with Crippen LogP contribution >= 0.6 is 0 Å². The summed E-state index contributed by atoms with van der Waals surface area (Å²) in [4.78, 5) is 0. The molecular weight excluding hydrogens is 737 g/mol. The van der Waals surface area contributed by atoms with Crippen molar-refractivity contribution >= 4 is 0 Å². The van der Waals surface area contributed by atoms with Gasteiger partial charge in [-0.1, -0.05) is 113 Å². The Morgan fingerprint density at radius 2 is 0.932 bits per heavy atom. The molecule has 2 atom stereocenters. The lowest BCUT2D eigenvalue weighted by Crippen LogP contribution is -2.22. The number of aliphatic hydroxyl groups excluding tert-OH is 1. The van der Waals surface area contributed by atoms with Gasteiger partial charge in [-0.25, -0.2) is 9.36 Å². The van der Waals surface area contributed by atoms with E-state index in [-0.39, 0.29) is 30.2 Å². The number of aromatic nitrogens is 4. The van der Waals surface area contributed by atoms with E-state index in [0.29, 0.717) is 34.7 Å². The van der Waals surface area contributed by atoms with E-state index in [0.717, 1.165) is 45.0 Å². The van der Waals surface area contributed by atoms with Gasteiger partial charge in [0.05, 0.1) is 45.7 Å². The first-order valence-corrected chi connectivity index (χ1v) is 19.7. The van der Waals surface area contributed by atoms with Gasteiger partial charge in [0, 0.05) is 6.61 Å². The number of benzene rings is 4. The number of nitriles is 2. The molecule has 0 fully saturated rings. The maximum absolute atomic E-state index is 9.78. The number of rotatable bonds is 6. The van der Waals surface area contributed by atoms with Gasteiger partial charge in [0.25, 0.3) is 0 Å². The van der Waals surface area contributed by atoms with Crippen molar-refractivity contribution in [1.82, 2.24) is 19.6 Å². The Hall–Kier alpha value is -7.08. The minimum atomic E-state index is -0.299. The van der Waals surface area contributed by atoms with Crippen molar-refractivity contribution in [1.29, 1.82) is 10.5 Å². The number of fused-ring (bicyclic) bond motifs is 2. The fourth-order valence-electron chi connectivity index (χ4n) is 7.33. The van der Waals surface area contributed by atoms with Crippen molar-refractivity contribution in [3.05, 3.63) is 177 Å². The van der Waals surface area contributed by atoms with E-state index >= 15 is 0 Å². The van der Waals surface area contributed by atoms with Gasteiger partial charge in [-0.15, -0.1) is 0 Å². The fraction of sp³-hybridized carbons (Fsp3) is 0.250. The summed E-state index contributed by atoms with van der Waals surface area (Å²) < 4.78 is 15.3. The molecule has 2 aliphatic rings. The van der Waals surface area contributed by atoms with Crippen LogP contribution in [0.1, 0.15) is 103 Å². The second-order valence-electron chi connectivity index (χ2n) is 14.9. The van der Waals surface area contributed by atoms with E-state index in [2.05, 4.69) is 98.6 Å². The summed E-state index contributed by atoms with van der Waals surface area (Å²) in [6, 6.07) is 40.7. The number of aryl methyl sites for hydroxylation is 2. The summed E-state index contributed by atoms with van der Waals surface area (Å²) in [6.45, 7) is 14.5. The molecule has 2 unspecified atom stereocenters. The lowest BCUT2D eigenvalue weighted by molar-refractivity contribution is 0.318. The minimum absolute atomic E-state index is 0.130. The normalized spacial score (nSPS) is 15.4. The predicted octanol–water partition coefficient (Wildman–Crippen LogP) is 9.04. The van der Waals surface area contributed by atoms with Crippen molar-refractivity contribution in [3.8, 4) is 35.3 Å². The molecule has 0 spiro atoms. The second kappa shape index (κ2) is 18.0. The first-order chi connectivity index (χ1) is 28.4. The first-order valence-electron chi connectivity index (χ1n) is 19.7. The van der Waals surface area contributed by atoms with E-state index in [1.54, 1.807) is 16.3 Å². The molecule has 4 aromatic carbocycles. The van der Waals surface area contributed by atoms with Crippen molar-refractivity contribution in [2.75, 3.05) is 6.61 Å². The molecule has 4 heterocycles. The molecule has 11 nitrogen and oxygen atoms in total. The van der Waals surface area contributed by atoms with Gasteiger partial charge in [0.15, 0.2) is 0 Å². The van der Waals surface area contributed by atoms with Gasteiger partial charge in [0.2, 0.25) is 23.5 Å². The SMILES string of the molecule is CCO.Cc1nn(-c2ccccc2)c2c1C(c1ccc(C(C)C)cc1)C(C#N)=C(N)O2.Cc1nn(-c2ccccc2)c2c1C(c1ccc(C(C)C)cc1)C(C#N)=C(N)O2. The molecule has 11 heteroatoms. The number of allylic oxidation sites excluding steroid dienone is 2. The molecular formula is C48H50N8O3. The number of nitrogens with zero attached hydrogens (tertiary/aromatic N) is 6. The molecule has 0 aliphatic carbocycles. The van der Waals surface area contributed by atoms with Crippen molar-refractivity contribution < 1.29 is 14.6 Å². The topological polar surface area (TPSA) is 174 Å². The number of para-hydroxylation sites is 2. The number of hydrogen-bond acceptors (Lipinski definition) is 9. The summed E-state index contributed by atoms with van der Waals surface area (Å²) in [5.41, 5.74) is 22.8. The Morgan fingerprint density at radius 1 is 0.610 bits per heavy atom. The molecule has 0 bridgehead atoms. The third-order valence-electron chi connectivity index (χ3n) is 10.3. The predicted molar refractivity (Wildman–Crippen MR) is 229 cm³/mol. The van der Waals surface area contributed by atoms with Gasteiger partial charge in [-0.3, -0.25) is 0 Å². The monoisotopic (exact) mass is 786 g/mol. The zero-order valence-corrected chi connectivity index (χ0v) is 34.5. The van der Waals surface area contributed by atoms with E-state index < -0.39 is 0 Å². The largest absolute Gasteiger partial charge is 0.422 e. The van der Waals surface area contributed by atoms with Crippen LogP contribution in [0.4, 0.5) is 0 Å². The number of hydrogen-bond donors (Lipinski definition) is 3. The number of nitrogens with two attached hydrogens (primary N) is 2. The smallest absolute Gasteiger partial charge is 0.229 e. The van der Waals surface area contributed by atoms with Crippen LogP contribution in [0.2, 0.25) is 0 Å². The quantitative estimate of drug-likeness (QED) is 0.149. The summed E-state index contributed by atoms with van der Waals surface area (Å²) in [5.74, 6) is 1.68. The molecule has 0 radical (unpaired) electrons. The van der Waals surface area contributed by atoms with Gasteiger partial charge >= 0.3 is 0 Å². The average molecular weight is 787 g/mol. The van der Waals surface area contributed by atoms with E-state index in [4.69, 9.17) is 26.0 Å². The zero-order chi connectivity index (χ0) is 42.4. The second-order valence-corrected chi connectivity index (χ2v) is 14.9. The van der Waals surface area contributed by atoms with Crippen LogP contribution in [0.3, 0.4) is 0 Å². The van der Waals surface area contributed by atoms with Crippen LogP contribution in [0.15, 0.2) is 132 Å². The zero-order valence-electron chi connectivity index (χ0n) is 34.5. The Balaban J connectivity index is 0.000000186. The maximum atomic E-state index is 9.78. The van der Waals surface area contributed by atoms with Crippen LogP contribution in [-0.4, -0.2) is 31.3 Å². The molecule has 6 aromatic rings. The standard InChI is InChI=1S/2C23H22N4O.C2H6O/c2*1-14(2)16-9-11-17(12-10-16)21-19(13-24)22(25)28-23-20(21)15(3)26-27(23)18-7-5-4-6-8-18;1-2-3/h2*4-12,14,21H,25H2,1-3H3;3H,2H2,1H3. The number of aliphatic hydroxyl groups is 1. The lowest BCUT2D eigenvalue weighted by Gasteiger charge is -2.25. The Morgan fingerprint density at radius 3 is 1.22 bits per heavy atom.